The van der Waals surface area contributed by atoms with Crippen molar-refractivity contribution >= 4 is 0 Å². The van der Waals surface area contributed by atoms with Gasteiger partial charge in [0.15, 0.2) is 0 Å². The summed E-state index contributed by atoms with van der Waals surface area (Å²) in [7, 11) is 1.88. The summed E-state index contributed by atoms with van der Waals surface area (Å²) in [6.45, 7) is 0.721. The van der Waals surface area contributed by atoms with Crippen molar-refractivity contribution in [2.45, 2.75) is 13.0 Å². The van der Waals surface area contributed by atoms with Crippen LogP contribution in [0, 0.1) is 5.82 Å². The third-order valence-corrected chi connectivity index (χ3v) is 2.40. The molecule has 0 aliphatic carbocycles. The van der Waals surface area contributed by atoms with Crippen molar-refractivity contribution in [3.63, 3.8) is 0 Å². The fourth-order valence-electron chi connectivity index (χ4n) is 1.59. The lowest BCUT2D eigenvalue weighted by atomic mass is 10.1. The predicted molar refractivity (Wildman–Crippen MR) is 64.0 cm³/mol. The molecule has 0 spiro atoms. The lowest BCUT2D eigenvalue weighted by molar-refractivity contribution is 0.627. The van der Waals surface area contributed by atoms with Crippen LogP contribution in [0.25, 0.3) is 0 Å². The van der Waals surface area contributed by atoms with Crippen molar-refractivity contribution in [3.05, 3.63) is 59.4 Å². The standard InChI is InChI=1S/C13H14FN3/c1-15-9-12-6-7-16-13(17-12)8-10-2-4-11(14)5-3-10/h2-7,15H,8-9H2,1H3. The zero-order valence-electron chi connectivity index (χ0n) is 9.65. The molecule has 1 heterocycles. The van der Waals surface area contributed by atoms with Crippen LogP contribution < -0.4 is 5.32 Å². The van der Waals surface area contributed by atoms with E-state index in [-0.39, 0.29) is 5.82 Å². The van der Waals surface area contributed by atoms with E-state index in [2.05, 4.69) is 15.3 Å². The molecule has 0 amide bonds. The van der Waals surface area contributed by atoms with Gasteiger partial charge in [0.05, 0.1) is 5.69 Å². The highest BCUT2D eigenvalue weighted by atomic mass is 19.1. The first-order chi connectivity index (χ1) is 8.28. The fraction of sp³-hybridized carbons (Fsp3) is 0.231. The first kappa shape index (κ1) is 11.7. The summed E-state index contributed by atoms with van der Waals surface area (Å²) in [5.74, 6) is 0.531. The van der Waals surface area contributed by atoms with Crippen LogP contribution in [0.3, 0.4) is 0 Å². The summed E-state index contributed by atoms with van der Waals surface area (Å²) in [5, 5.41) is 3.04. The van der Waals surface area contributed by atoms with Gasteiger partial charge in [0.1, 0.15) is 11.6 Å². The van der Waals surface area contributed by atoms with E-state index in [1.165, 1.54) is 12.1 Å². The van der Waals surface area contributed by atoms with Crippen LogP contribution in [-0.4, -0.2) is 17.0 Å². The maximum absolute atomic E-state index is 12.8. The van der Waals surface area contributed by atoms with Gasteiger partial charge < -0.3 is 5.32 Å². The van der Waals surface area contributed by atoms with Crippen molar-refractivity contribution in [2.24, 2.45) is 0 Å². The van der Waals surface area contributed by atoms with Crippen LogP contribution >= 0.6 is 0 Å². The average Bonchev–Trinajstić information content (AvgIpc) is 2.33. The lowest BCUT2D eigenvalue weighted by Crippen LogP contribution is -2.09. The second-order valence-corrected chi connectivity index (χ2v) is 3.80. The monoisotopic (exact) mass is 231 g/mol. The van der Waals surface area contributed by atoms with E-state index in [0.717, 1.165) is 23.6 Å². The van der Waals surface area contributed by atoms with Crippen LogP contribution in [0.4, 0.5) is 4.39 Å². The molecule has 1 N–H and O–H groups in total. The first-order valence-corrected chi connectivity index (χ1v) is 5.48. The number of halogens is 1. The van der Waals surface area contributed by atoms with Gasteiger partial charge in [-0.1, -0.05) is 12.1 Å². The zero-order valence-corrected chi connectivity index (χ0v) is 9.65. The zero-order chi connectivity index (χ0) is 12.1. The third kappa shape index (κ3) is 3.32. The molecule has 0 radical (unpaired) electrons. The summed E-state index contributed by atoms with van der Waals surface area (Å²) in [6, 6.07) is 8.29. The molecule has 0 saturated heterocycles. The highest BCUT2D eigenvalue weighted by Crippen LogP contribution is 2.07. The topological polar surface area (TPSA) is 37.8 Å². The summed E-state index contributed by atoms with van der Waals surface area (Å²) < 4.78 is 12.8. The van der Waals surface area contributed by atoms with E-state index < -0.39 is 0 Å². The third-order valence-electron chi connectivity index (χ3n) is 2.40. The van der Waals surface area contributed by atoms with E-state index >= 15 is 0 Å². The van der Waals surface area contributed by atoms with Gasteiger partial charge in [-0.3, -0.25) is 0 Å². The molecule has 0 atom stereocenters. The molecule has 1 aromatic carbocycles. The molecule has 0 fully saturated rings. The van der Waals surface area contributed by atoms with Gasteiger partial charge in [-0.2, -0.15) is 0 Å². The molecular weight excluding hydrogens is 217 g/mol. The molecule has 4 heteroatoms. The van der Waals surface area contributed by atoms with Gasteiger partial charge in [0, 0.05) is 19.2 Å². The molecule has 2 rings (SSSR count). The highest BCUT2D eigenvalue weighted by molar-refractivity contribution is 5.20. The van der Waals surface area contributed by atoms with E-state index in [4.69, 9.17) is 0 Å². The van der Waals surface area contributed by atoms with Crippen LogP contribution in [0.15, 0.2) is 36.5 Å². The molecule has 0 aliphatic rings. The molecule has 2 aromatic rings. The normalized spacial score (nSPS) is 10.5. The number of hydrogen-bond acceptors (Lipinski definition) is 3. The largest absolute Gasteiger partial charge is 0.314 e. The van der Waals surface area contributed by atoms with Gasteiger partial charge in [-0.25, -0.2) is 14.4 Å². The average molecular weight is 231 g/mol. The molecule has 0 saturated carbocycles. The summed E-state index contributed by atoms with van der Waals surface area (Å²) in [5.41, 5.74) is 1.97. The Kier molecular flexibility index (Phi) is 3.77. The number of benzene rings is 1. The van der Waals surface area contributed by atoms with Crippen molar-refractivity contribution < 1.29 is 4.39 Å². The van der Waals surface area contributed by atoms with Crippen LogP contribution in [0.2, 0.25) is 0 Å². The molecule has 0 bridgehead atoms. The van der Waals surface area contributed by atoms with Gasteiger partial charge in [0.25, 0.3) is 0 Å². The molecule has 0 aliphatic heterocycles. The second kappa shape index (κ2) is 5.50. The van der Waals surface area contributed by atoms with Crippen LogP contribution in [0.1, 0.15) is 17.1 Å². The number of nitrogens with one attached hydrogen (secondary N) is 1. The molecule has 0 unspecified atom stereocenters. The Bertz CT molecular complexity index is 482. The van der Waals surface area contributed by atoms with Gasteiger partial charge in [-0.15, -0.1) is 0 Å². The molecule has 1 aromatic heterocycles. The van der Waals surface area contributed by atoms with E-state index in [1.54, 1.807) is 18.3 Å². The van der Waals surface area contributed by atoms with E-state index in [0.29, 0.717) is 6.42 Å². The van der Waals surface area contributed by atoms with Crippen molar-refractivity contribution in [3.8, 4) is 0 Å². The Morgan fingerprint density at radius 3 is 2.65 bits per heavy atom. The number of aromatic nitrogens is 2. The summed E-state index contributed by atoms with van der Waals surface area (Å²) >= 11 is 0. The summed E-state index contributed by atoms with van der Waals surface area (Å²) in [6.07, 6.45) is 2.37. The van der Waals surface area contributed by atoms with Crippen LogP contribution in [0.5, 0.6) is 0 Å². The van der Waals surface area contributed by atoms with Gasteiger partial charge in [0.2, 0.25) is 0 Å². The Morgan fingerprint density at radius 2 is 1.94 bits per heavy atom. The van der Waals surface area contributed by atoms with Gasteiger partial charge >= 0.3 is 0 Å². The van der Waals surface area contributed by atoms with Crippen molar-refractivity contribution in [1.82, 2.24) is 15.3 Å². The van der Waals surface area contributed by atoms with E-state index in [1.807, 2.05) is 13.1 Å². The predicted octanol–water partition coefficient (Wildman–Crippen LogP) is 1.93. The van der Waals surface area contributed by atoms with Gasteiger partial charge in [-0.05, 0) is 30.8 Å². The quantitative estimate of drug-likeness (QED) is 0.873. The molecule has 17 heavy (non-hydrogen) atoms. The maximum Gasteiger partial charge on any atom is 0.132 e. The Balaban J connectivity index is 2.12. The minimum Gasteiger partial charge on any atom is -0.314 e. The molecular formula is C13H14FN3. The Morgan fingerprint density at radius 1 is 1.18 bits per heavy atom. The number of nitrogens with zero attached hydrogens (tertiary/aromatic N) is 2. The number of rotatable bonds is 4. The smallest absolute Gasteiger partial charge is 0.132 e. The lowest BCUT2D eigenvalue weighted by Gasteiger charge is -2.03. The van der Waals surface area contributed by atoms with E-state index in [9.17, 15) is 4.39 Å². The molecule has 88 valence electrons. The SMILES string of the molecule is CNCc1ccnc(Cc2ccc(F)cc2)n1. The maximum atomic E-state index is 12.8. The second-order valence-electron chi connectivity index (χ2n) is 3.80. The number of hydrogen-bond donors (Lipinski definition) is 1. The Hall–Kier alpha value is -1.81. The molecule has 3 nitrogen and oxygen atoms in total. The highest BCUT2D eigenvalue weighted by Gasteiger charge is 2.01. The minimum absolute atomic E-state index is 0.224. The van der Waals surface area contributed by atoms with Crippen LogP contribution in [-0.2, 0) is 13.0 Å². The van der Waals surface area contributed by atoms with Crippen molar-refractivity contribution in [1.29, 1.82) is 0 Å². The minimum atomic E-state index is -0.224. The first-order valence-electron chi connectivity index (χ1n) is 5.48. The fourth-order valence-corrected chi connectivity index (χ4v) is 1.59. The van der Waals surface area contributed by atoms with Crippen molar-refractivity contribution in [2.75, 3.05) is 7.05 Å². The summed E-state index contributed by atoms with van der Waals surface area (Å²) in [4.78, 5) is 8.62. The Labute approximate surface area is 99.7 Å².